The first-order valence-corrected chi connectivity index (χ1v) is 4.98. The number of aryl methyl sites for hydroxylation is 1. The first-order chi connectivity index (χ1) is 7.58. The third-order valence-electron chi connectivity index (χ3n) is 2.21. The average molecular weight is 242 g/mol. The Morgan fingerprint density at radius 1 is 1.50 bits per heavy atom. The molecule has 1 heterocycles. The van der Waals surface area contributed by atoms with E-state index in [2.05, 4.69) is 5.10 Å². The van der Waals surface area contributed by atoms with E-state index in [1.165, 1.54) is 33.8 Å². The van der Waals surface area contributed by atoms with Crippen LogP contribution in [0.1, 0.15) is 5.56 Å². The van der Waals surface area contributed by atoms with Gasteiger partial charge in [0.15, 0.2) is 0 Å². The number of rotatable bonds is 2. The van der Waals surface area contributed by atoms with Crippen LogP contribution < -0.4 is 5.69 Å². The predicted molar refractivity (Wildman–Crippen MR) is 58.0 cm³/mol. The fourth-order valence-corrected chi connectivity index (χ4v) is 1.53. The van der Waals surface area contributed by atoms with Gasteiger partial charge in [0.25, 0.3) is 0 Å². The molecule has 1 aromatic carbocycles. The number of benzene rings is 1. The minimum absolute atomic E-state index is 0.163. The molecule has 6 heteroatoms. The Bertz CT molecular complexity index is 576. The Balaban J connectivity index is 2.37. The summed E-state index contributed by atoms with van der Waals surface area (Å²) in [7, 11) is 1.60. The van der Waals surface area contributed by atoms with Crippen LogP contribution in [0, 0.1) is 5.82 Å². The van der Waals surface area contributed by atoms with E-state index in [0.717, 1.165) is 0 Å². The van der Waals surface area contributed by atoms with E-state index in [0.29, 0.717) is 10.6 Å². The Kier molecular flexibility index (Phi) is 2.78. The number of hydrogen-bond donors (Lipinski definition) is 0. The molecule has 2 rings (SSSR count). The summed E-state index contributed by atoms with van der Waals surface area (Å²) in [5.74, 6) is -0.386. The SMILES string of the molecule is Cn1cnn(Cc2cc(F)ccc2Cl)c1=O. The minimum atomic E-state index is -0.386. The molecule has 0 unspecified atom stereocenters. The first kappa shape index (κ1) is 10.9. The van der Waals surface area contributed by atoms with Gasteiger partial charge < -0.3 is 0 Å². The van der Waals surface area contributed by atoms with Crippen molar-refractivity contribution < 1.29 is 4.39 Å². The van der Waals surface area contributed by atoms with Crippen LogP contribution in [-0.2, 0) is 13.6 Å². The molecule has 0 saturated carbocycles. The van der Waals surface area contributed by atoms with Crippen molar-refractivity contribution in [2.75, 3.05) is 0 Å². The maximum atomic E-state index is 13.0. The largest absolute Gasteiger partial charge is 0.345 e. The lowest BCUT2D eigenvalue weighted by molar-refractivity contribution is 0.613. The summed E-state index contributed by atoms with van der Waals surface area (Å²) >= 11 is 5.89. The molecule has 16 heavy (non-hydrogen) atoms. The Labute approximate surface area is 95.9 Å². The molecule has 84 valence electrons. The van der Waals surface area contributed by atoms with Crippen molar-refractivity contribution in [3.8, 4) is 0 Å². The molecule has 0 bridgehead atoms. The van der Waals surface area contributed by atoms with E-state index in [4.69, 9.17) is 11.6 Å². The quantitative estimate of drug-likeness (QED) is 0.798. The lowest BCUT2D eigenvalue weighted by Crippen LogP contribution is -2.23. The highest BCUT2D eigenvalue weighted by Gasteiger charge is 2.06. The van der Waals surface area contributed by atoms with Gasteiger partial charge in [-0.05, 0) is 23.8 Å². The van der Waals surface area contributed by atoms with Gasteiger partial charge in [-0.25, -0.2) is 13.9 Å². The maximum absolute atomic E-state index is 13.0. The standard InChI is InChI=1S/C10H9ClFN3O/c1-14-6-13-15(10(14)16)5-7-4-8(12)2-3-9(7)11/h2-4,6H,5H2,1H3. The van der Waals surface area contributed by atoms with Gasteiger partial charge in [-0.2, -0.15) is 5.10 Å². The van der Waals surface area contributed by atoms with Gasteiger partial charge in [0.05, 0.1) is 6.54 Å². The highest BCUT2D eigenvalue weighted by Crippen LogP contribution is 2.17. The molecule has 0 N–H and O–H groups in total. The van der Waals surface area contributed by atoms with Crippen molar-refractivity contribution in [1.29, 1.82) is 0 Å². The second-order valence-corrected chi connectivity index (χ2v) is 3.83. The normalized spacial score (nSPS) is 10.7. The van der Waals surface area contributed by atoms with Gasteiger partial charge in [-0.3, -0.25) is 4.57 Å². The van der Waals surface area contributed by atoms with Gasteiger partial charge >= 0.3 is 5.69 Å². The van der Waals surface area contributed by atoms with Crippen LogP contribution in [0.5, 0.6) is 0 Å². The summed E-state index contributed by atoms with van der Waals surface area (Å²) in [6.07, 6.45) is 1.40. The predicted octanol–water partition coefficient (Wildman–Crippen LogP) is 1.42. The van der Waals surface area contributed by atoms with Crippen LogP contribution >= 0.6 is 11.6 Å². The molecule has 0 spiro atoms. The maximum Gasteiger partial charge on any atom is 0.345 e. The number of nitrogens with zero attached hydrogens (tertiary/aromatic N) is 3. The summed E-state index contributed by atoms with van der Waals surface area (Å²) in [6, 6.07) is 4.02. The molecule has 1 aromatic heterocycles. The first-order valence-electron chi connectivity index (χ1n) is 4.60. The molecule has 0 aliphatic carbocycles. The van der Waals surface area contributed by atoms with Crippen LogP contribution in [0.15, 0.2) is 29.3 Å². The van der Waals surface area contributed by atoms with Gasteiger partial charge in [-0.1, -0.05) is 11.6 Å². The number of hydrogen-bond acceptors (Lipinski definition) is 2. The molecule has 0 atom stereocenters. The Hall–Kier alpha value is -1.62. The fourth-order valence-electron chi connectivity index (χ4n) is 1.35. The van der Waals surface area contributed by atoms with Crippen molar-refractivity contribution >= 4 is 11.6 Å². The molecule has 0 radical (unpaired) electrons. The van der Waals surface area contributed by atoms with E-state index < -0.39 is 0 Å². The van der Waals surface area contributed by atoms with Gasteiger partial charge in [0.1, 0.15) is 12.1 Å². The summed E-state index contributed by atoms with van der Waals surface area (Å²) in [5.41, 5.74) is 0.266. The summed E-state index contributed by atoms with van der Waals surface area (Å²) < 4.78 is 15.5. The van der Waals surface area contributed by atoms with Crippen LogP contribution in [0.4, 0.5) is 4.39 Å². The van der Waals surface area contributed by atoms with Crippen LogP contribution in [0.25, 0.3) is 0 Å². The Morgan fingerprint density at radius 2 is 2.25 bits per heavy atom. The van der Waals surface area contributed by atoms with Gasteiger partial charge in [0, 0.05) is 12.1 Å². The number of halogens is 2. The summed E-state index contributed by atoms with van der Waals surface area (Å²) in [5, 5.41) is 4.28. The lowest BCUT2D eigenvalue weighted by Gasteiger charge is -2.03. The molecule has 2 aromatic rings. The van der Waals surface area contributed by atoms with Crippen molar-refractivity contribution in [3.63, 3.8) is 0 Å². The minimum Gasteiger partial charge on any atom is -0.285 e. The zero-order valence-corrected chi connectivity index (χ0v) is 9.28. The lowest BCUT2D eigenvalue weighted by atomic mass is 10.2. The average Bonchev–Trinajstić information content (AvgIpc) is 2.55. The fraction of sp³-hybridized carbons (Fsp3) is 0.200. The van der Waals surface area contributed by atoms with Crippen LogP contribution in [0.2, 0.25) is 5.02 Å². The van der Waals surface area contributed by atoms with Crippen molar-refractivity contribution in [2.24, 2.45) is 7.05 Å². The van der Waals surface area contributed by atoms with Crippen LogP contribution in [0.3, 0.4) is 0 Å². The zero-order valence-electron chi connectivity index (χ0n) is 8.52. The molecule has 0 fully saturated rings. The monoisotopic (exact) mass is 241 g/mol. The van der Waals surface area contributed by atoms with E-state index in [1.54, 1.807) is 7.05 Å². The highest BCUT2D eigenvalue weighted by atomic mass is 35.5. The van der Waals surface area contributed by atoms with Crippen LogP contribution in [-0.4, -0.2) is 14.3 Å². The summed E-state index contributed by atoms with van der Waals surface area (Å²) in [6.45, 7) is 0.163. The Morgan fingerprint density at radius 3 is 2.88 bits per heavy atom. The van der Waals surface area contributed by atoms with Crippen molar-refractivity contribution in [2.45, 2.75) is 6.54 Å². The molecular weight excluding hydrogens is 233 g/mol. The van der Waals surface area contributed by atoms with Crippen molar-refractivity contribution in [1.82, 2.24) is 14.3 Å². The van der Waals surface area contributed by atoms with Gasteiger partial charge in [-0.15, -0.1) is 0 Å². The second kappa shape index (κ2) is 4.09. The van der Waals surface area contributed by atoms with E-state index in [1.807, 2.05) is 0 Å². The third-order valence-corrected chi connectivity index (χ3v) is 2.58. The molecule has 0 aliphatic rings. The zero-order chi connectivity index (χ0) is 11.7. The second-order valence-electron chi connectivity index (χ2n) is 3.42. The molecular formula is C10H9ClFN3O. The molecule has 0 saturated heterocycles. The third kappa shape index (κ3) is 1.99. The van der Waals surface area contributed by atoms with Crippen molar-refractivity contribution in [3.05, 3.63) is 51.4 Å². The molecule has 0 amide bonds. The van der Waals surface area contributed by atoms with Gasteiger partial charge in [0.2, 0.25) is 0 Å². The molecule has 4 nitrogen and oxygen atoms in total. The van der Waals surface area contributed by atoms with E-state index >= 15 is 0 Å². The summed E-state index contributed by atoms with van der Waals surface area (Å²) in [4.78, 5) is 11.5. The topological polar surface area (TPSA) is 39.8 Å². The smallest absolute Gasteiger partial charge is 0.285 e. The number of aromatic nitrogens is 3. The van der Waals surface area contributed by atoms with E-state index in [9.17, 15) is 9.18 Å². The van der Waals surface area contributed by atoms with E-state index in [-0.39, 0.29) is 18.1 Å². The highest BCUT2D eigenvalue weighted by molar-refractivity contribution is 6.31. The molecule has 0 aliphatic heterocycles.